The van der Waals surface area contributed by atoms with Crippen molar-refractivity contribution in [2.75, 3.05) is 10.6 Å². The first-order valence-electron chi connectivity index (χ1n) is 9.68. The fourth-order valence-corrected chi connectivity index (χ4v) is 3.81. The van der Waals surface area contributed by atoms with Crippen LogP contribution in [-0.2, 0) is 6.18 Å². The normalized spacial score (nSPS) is 18.1. The van der Waals surface area contributed by atoms with Gasteiger partial charge < -0.3 is 10.6 Å². The topological polar surface area (TPSA) is 49.8 Å². The van der Waals surface area contributed by atoms with Crippen LogP contribution in [0.2, 0.25) is 5.02 Å². The molecule has 2 aliphatic rings. The SMILES string of the molecule is FC(F)(F)c1cc(Nc2cc(C3CC3)nc(NC3CCCCC3)n2)ccc1Cl. The van der Waals surface area contributed by atoms with Crippen molar-refractivity contribution in [3.8, 4) is 0 Å². The molecule has 2 aliphatic carbocycles. The van der Waals surface area contributed by atoms with Gasteiger partial charge in [0.1, 0.15) is 5.82 Å². The van der Waals surface area contributed by atoms with E-state index in [1.807, 2.05) is 6.07 Å². The van der Waals surface area contributed by atoms with Crippen LogP contribution in [0.3, 0.4) is 0 Å². The maximum Gasteiger partial charge on any atom is 0.417 e. The zero-order valence-corrected chi connectivity index (χ0v) is 16.1. The molecule has 0 unspecified atom stereocenters. The van der Waals surface area contributed by atoms with Crippen LogP contribution in [0.25, 0.3) is 0 Å². The third-order valence-electron chi connectivity index (χ3n) is 5.22. The van der Waals surface area contributed by atoms with Gasteiger partial charge in [-0.2, -0.15) is 18.2 Å². The van der Waals surface area contributed by atoms with E-state index in [-0.39, 0.29) is 5.02 Å². The summed E-state index contributed by atoms with van der Waals surface area (Å²) in [6.45, 7) is 0. The van der Waals surface area contributed by atoms with Gasteiger partial charge in [0, 0.05) is 23.7 Å². The Morgan fingerprint density at radius 1 is 0.964 bits per heavy atom. The summed E-state index contributed by atoms with van der Waals surface area (Å²) in [7, 11) is 0. The van der Waals surface area contributed by atoms with Gasteiger partial charge in [-0.05, 0) is 43.9 Å². The molecular formula is C20H22ClF3N4. The van der Waals surface area contributed by atoms with Crippen molar-refractivity contribution in [3.63, 3.8) is 0 Å². The molecule has 2 fully saturated rings. The third-order valence-corrected chi connectivity index (χ3v) is 5.55. The molecule has 28 heavy (non-hydrogen) atoms. The molecule has 0 atom stereocenters. The van der Waals surface area contributed by atoms with Crippen molar-refractivity contribution < 1.29 is 13.2 Å². The molecule has 0 bridgehead atoms. The fourth-order valence-electron chi connectivity index (χ4n) is 3.58. The molecule has 4 nitrogen and oxygen atoms in total. The van der Waals surface area contributed by atoms with Gasteiger partial charge in [-0.25, -0.2) is 4.98 Å². The van der Waals surface area contributed by atoms with Crippen molar-refractivity contribution in [1.82, 2.24) is 9.97 Å². The minimum atomic E-state index is -4.51. The molecule has 2 aromatic rings. The number of hydrogen-bond donors (Lipinski definition) is 2. The summed E-state index contributed by atoms with van der Waals surface area (Å²) in [5, 5.41) is 6.09. The molecular weight excluding hydrogens is 389 g/mol. The number of benzene rings is 1. The van der Waals surface area contributed by atoms with E-state index in [0.717, 1.165) is 37.4 Å². The van der Waals surface area contributed by atoms with Crippen LogP contribution in [0.1, 0.15) is 62.1 Å². The van der Waals surface area contributed by atoms with Gasteiger partial charge in [-0.3, -0.25) is 0 Å². The molecule has 8 heteroatoms. The van der Waals surface area contributed by atoms with Gasteiger partial charge in [0.05, 0.1) is 16.3 Å². The number of hydrogen-bond acceptors (Lipinski definition) is 4. The number of halogens is 4. The van der Waals surface area contributed by atoms with E-state index < -0.39 is 11.7 Å². The molecule has 0 saturated heterocycles. The zero-order chi connectivity index (χ0) is 19.7. The Bertz CT molecular complexity index is 846. The average molecular weight is 411 g/mol. The highest BCUT2D eigenvalue weighted by atomic mass is 35.5. The zero-order valence-electron chi connectivity index (χ0n) is 15.3. The second-order valence-electron chi connectivity index (χ2n) is 7.57. The van der Waals surface area contributed by atoms with Gasteiger partial charge in [0.2, 0.25) is 5.95 Å². The van der Waals surface area contributed by atoms with E-state index in [1.165, 1.54) is 31.4 Å². The lowest BCUT2D eigenvalue weighted by molar-refractivity contribution is -0.137. The Morgan fingerprint density at radius 2 is 1.71 bits per heavy atom. The van der Waals surface area contributed by atoms with E-state index in [1.54, 1.807) is 0 Å². The molecule has 0 amide bonds. The second-order valence-corrected chi connectivity index (χ2v) is 7.98. The van der Waals surface area contributed by atoms with Crippen LogP contribution in [0, 0.1) is 0 Å². The lowest BCUT2D eigenvalue weighted by Gasteiger charge is -2.23. The minimum Gasteiger partial charge on any atom is -0.351 e. The molecule has 1 aromatic carbocycles. The Hall–Kier alpha value is -2.02. The van der Waals surface area contributed by atoms with Gasteiger partial charge in [0.15, 0.2) is 0 Å². The van der Waals surface area contributed by atoms with E-state index >= 15 is 0 Å². The van der Waals surface area contributed by atoms with Crippen molar-refractivity contribution in [2.24, 2.45) is 0 Å². The molecule has 150 valence electrons. The van der Waals surface area contributed by atoms with Crippen LogP contribution in [0.4, 0.5) is 30.6 Å². The maximum absolute atomic E-state index is 13.1. The molecule has 4 rings (SSSR count). The highest BCUT2D eigenvalue weighted by molar-refractivity contribution is 6.31. The number of anilines is 3. The summed E-state index contributed by atoms with van der Waals surface area (Å²) in [5.74, 6) is 1.45. The molecule has 0 aliphatic heterocycles. The molecule has 0 spiro atoms. The first kappa shape index (κ1) is 19.3. The summed E-state index contributed by atoms with van der Waals surface area (Å²) >= 11 is 5.71. The van der Waals surface area contributed by atoms with Crippen LogP contribution in [0.5, 0.6) is 0 Å². The predicted octanol–water partition coefficient (Wildman–Crippen LogP) is 6.51. The lowest BCUT2D eigenvalue weighted by Crippen LogP contribution is -2.23. The number of aromatic nitrogens is 2. The highest BCUT2D eigenvalue weighted by Crippen LogP contribution is 2.41. The summed E-state index contributed by atoms with van der Waals surface area (Å²) in [6, 6.07) is 5.95. The average Bonchev–Trinajstić information content (AvgIpc) is 3.48. The third kappa shape index (κ3) is 4.69. The summed E-state index contributed by atoms with van der Waals surface area (Å²) in [5.41, 5.74) is 0.359. The van der Waals surface area contributed by atoms with Crippen LogP contribution in [0.15, 0.2) is 24.3 Å². The smallest absolute Gasteiger partial charge is 0.351 e. The first-order valence-corrected chi connectivity index (χ1v) is 10.1. The van der Waals surface area contributed by atoms with Gasteiger partial charge in [-0.1, -0.05) is 30.9 Å². The Labute approximate surface area is 166 Å². The van der Waals surface area contributed by atoms with Crippen molar-refractivity contribution in [3.05, 3.63) is 40.5 Å². The van der Waals surface area contributed by atoms with Crippen LogP contribution in [-0.4, -0.2) is 16.0 Å². The van der Waals surface area contributed by atoms with Crippen LogP contribution < -0.4 is 10.6 Å². The summed E-state index contributed by atoms with van der Waals surface area (Å²) in [6.07, 6.45) is 3.47. The van der Waals surface area contributed by atoms with Gasteiger partial charge >= 0.3 is 6.18 Å². The second kappa shape index (κ2) is 7.78. The molecule has 2 saturated carbocycles. The fraction of sp³-hybridized carbons (Fsp3) is 0.500. The van der Waals surface area contributed by atoms with Crippen LogP contribution >= 0.6 is 11.6 Å². The Balaban J connectivity index is 1.58. The lowest BCUT2D eigenvalue weighted by atomic mass is 9.96. The highest BCUT2D eigenvalue weighted by Gasteiger charge is 2.33. The Kier molecular flexibility index (Phi) is 5.36. The van der Waals surface area contributed by atoms with E-state index in [9.17, 15) is 13.2 Å². The van der Waals surface area contributed by atoms with E-state index in [4.69, 9.17) is 11.6 Å². The summed E-state index contributed by atoms with van der Waals surface area (Å²) < 4.78 is 39.4. The Morgan fingerprint density at radius 3 is 2.39 bits per heavy atom. The maximum atomic E-state index is 13.1. The minimum absolute atomic E-state index is 0.292. The van der Waals surface area contributed by atoms with Gasteiger partial charge in [0.25, 0.3) is 0 Å². The quantitative estimate of drug-likeness (QED) is 0.589. The van der Waals surface area contributed by atoms with E-state index in [2.05, 4.69) is 20.6 Å². The molecule has 0 radical (unpaired) electrons. The van der Waals surface area contributed by atoms with Gasteiger partial charge in [-0.15, -0.1) is 0 Å². The first-order chi connectivity index (χ1) is 13.4. The van der Waals surface area contributed by atoms with E-state index in [0.29, 0.717) is 29.4 Å². The number of nitrogens with zero attached hydrogens (tertiary/aromatic N) is 2. The predicted molar refractivity (Wildman–Crippen MR) is 104 cm³/mol. The van der Waals surface area contributed by atoms with Crippen molar-refractivity contribution >= 4 is 29.1 Å². The van der Waals surface area contributed by atoms with Crippen molar-refractivity contribution in [2.45, 2.75) is 63.1 Å². The molecule has 1 heterocycles. The largest absolute Gasteiger partial charge is 0.417 e. The molecule has 2 N–H and O–H groups in total. The summed E-state index contributed by atoms with van der Waals surface area (Å²) in [4.78, 5) is 9.14. The number of nitrogens with one attached hydrogen (secondary N) is 2. The monoisotopic (exact) mass is 410 g/mol. The number of alkyl halides is 3. The standard InChI is InChI=1S/C20H22ClF3N4/c21-16-9-8-14(10-15(16)20(22,23)24)25-18-11-17(12-6-7-12)27-19(28-18)26-13-4-2-1-3-5-13/h8-13H,1-7H2,(H2,25,26,27,28). The van der Waals surface area contributed by atoms with Crippen molar-refractivity contribution in [1.29, 1.82) is 0 Å². The molecule has 1 aromatic heterocycles. The number of rotatable bonds is 5.